The van der Waals surface area contributed by atoms with Crippen LogP contribution >= 0.6 is 0 Å². The number of rotatable bonds is 4. The van der Waals surface area contributed by atoms with Crippen molar-refractivity contribution in [3.05, 3.63) is 0 Å². The second-order valence-electron chi connectivity index (χ2n) is 4.04. The lowest BCUT2D eigenvalue weighted by Gasteiger charge is -2.16. The SMILES string of the molecule is CN(C)CCCN1CCC(F)(F)C1. The largest absolute Gasteiger partial charge is 0.309 e. The first-order chi connectivity index (χ1) is 5.99. The summed E-state index contributed by atoms with van der Waals surface area (Å²) in [5, 5.41) is 0. The fourth-order valence-electron chi connectivity index (χ4n) is 1.61. The highest BCUT2D eigenvalue weighted by Crippen LogP contribution is 2.26. The van der Waals surface area contributed by atoms with Crippen LogP contribution in [0, 0.1) is 0 Å². The number of alkyl halides is 2. The summed E-state index contributed by atoms with van der Waals surface area (Å²) in [6.07, 6.45) is 1.01. The van der Waals surface area contributed by atoms with E-state index < -0.39 is 5.92 Å². The molecule has 0 radical (unpaired) electrons. The van der Waals surface area contributed by atoms with Crippen LogP contribution in [0.25, 0.3) is 0 Å². The maximum Gasteiger partial charge on any atom is 0.261 e. The average molecular weight is 192 g/mol. The summed E-state index contributed by atoms with van der Waals surface area (Å²) in [7, 11) is 4.00. The summed E-state index contributed by atoms with van der Waals surface area (Å²) in [5.41, 5.74) is 0. The van der Waals surface area contributed by atoms with E-state index in [0.29, 0.717) is 6.54 Å². The van der Waals surface area contributed by atoms with Gasteiger partial charge in [-0.15, -0.1) is 0 Å². The van der Waals surface area contributed by atoms with E-state index >= 15 is 0 Å². The molecule has 1 aliphatic rings. The van der Waals surface area contributed by atoms with Crippen LogP contribution in [0.3, 0.4) is 0 Å². The van der Waals surface area contributed by atoms with Gasteiger partial charge in [0.25, 0.3) is 5.92 Å². The van der Waals surface area contributed by atoms with E-state index in [0.717, 1.165) is 19.5 Å². The Morgan fingerprint density at radius 2 is 2.08 bits per heavy atom. The van der Waals surface area contributed by atoms with Gasteiger partial charge >= 0.3 is 0 Å². The van der Waals surface area contributed by atoms with Crippen molar-refractivity contribution in [2.75, 3.05) is 40.3 Å². The molecule has 4 heteroatoms. The molecule has 1 rings (SSSR count). The van der Waals surface area contributed by atoms with Crippen LogP contribution in [0.1, 0.15) is 12.8 Å². The van der Waals surface area contributed by atoms with Crippen LogP contribution in [0.15, 0.2) is 0 Å². The summed E-state index contributed by atoms with van der Waals surface area (Å²) < 4.78 is 25.5. The summed E-state index contributed by atoms with van der Waals surface area (Å²) >= 11 is 0. The summed E-state index contributed by atoms with van der Waals surface area (Å²) in [5.74, 6) is -2.43. The zero-order valence-electron chi connectivity index (χ0n) is 8.39. The number of nitrogens with zero attached hydrogens (tertiary/aromatic N) is 2. The quantitative estimate of drug-likeness (QED) is 0.662. The topological polar surface area (TPSA) is 6.48 Å². The van der Waals surface area contributed by atoms with E-state index in [9.17, 15) is 8.78 Å². The second-order valence-corrected chi connectivity index (χ2v) is 4.04. The third-order valence-electron chi connectivity index (χ3n) is 2.33. The minimum absolute atomic E-state index is 0.0367. The van der Waals surface area contributed by atoms with E-state index in [4.69, 9.17) is 0 Å². The highest BCUT2D eigenvalue weighted by atomic mass is 19.3. The maximum atomic E-state index is 12.7. The molecule has 1 saturated heterocycles. The monoisotopic (exact) mass is 192 g/mol. The van der Waals surface area contributed by atoms with Gasteiger partial charge in [-0.05, 0) is 33.6 Å². The predicted octanol–water partition coefficient (Wildman–Crippen LogP) is 1.28. The predicted molar refractivity (Wildman–Crippen MR) is 49.2 cm³/mol. The molecule has 0 bridgehead atoms. The van der Waals surface area contributed by atoms with Crippen molar-refractivity contribution in [2.24, 2.45) is 0 Å². The van der Waals surface area contributed by atoms with Crippen LogP contribution in [0.5, 0.6) is 0 Å². The Bertz CT molecular complexity index is 160. The smallest absolute Gasteiger partial charge is 0.261 e. The van der Waals surface area contributed by atoms with Gasteiger partial charge in [0.05, 0.1) is 6.54 Å². The normalized spacial score (nSPS) is 22.8. The van der Waals surface area contributed by atoms with Crippen LogP contribution in [-0.2, 0) is 0 Å². The van der Waals surface area contributed by atoms with Crippen molar-refractivity contribution in [3.63, 3.8) is 0 Å². The first-order valence-electron chi connectivity index (χ1n) is 4.74. The van der Waals surface area contributed by atoms with E-state index in [2.05, 4.69) is 4.90 Å². The van der Waals surface area contributed by atoms with Crippen molar-refractivity contribution in [1.29, 1.82) is 0 Å². The molecule has 0 unspecified atom stereocenters. The van der Waals surface area contributed by atoms with Crippen molar-refractivity contribution in [3.8, 4) is 0 Å². The molecule has 0 aromatic rings. The molecular formula is C9H18F2N2. The molecule has 0 aliphatic carbocycles. The number of hydrogen-bond donors (Lipinski definition) is 0. The lowest BCUT2D eigenvalue weighted by molar-refractivity contribution is 0.0120. The van der Waals surface area contributed by atoms with Crippen molar-refractivity contribution in [1.82, 2.24) is 9.80 Å². The first kappa shape index (κ1) is 10.9. The minimum atomic E-state index is -2.43. The zero-order valence-corrected chi connectivity index (χ0v) is 8.39. The molecule has 0 aromatic heterocycles. The molecule has 1 fully saturated rings. The Morgan fingerprint density at radius 1 is 1.38 bits per heavy atom. The second kappa shape index (κ2) is 4.33. The van der Waals surface area contributed by atoms with Gasteiger partial charge in [0.2, 0.25) is 0 Å². The van der Waals surface area contributed by atoms with Gasteiger partial charge in [0, 0.05) is 13.0 Å². The summed E-state index contributed by atoms with van der Waals surface area (Å²) in [6.45, 7) is 2.29. The fraction of sp³-hybridized carbons (Fsp3) is 1.00. The zero-order chi connectivity index (χ0) is 9.90. The van der Waals surface area contributed by atoms with Gasteiger partial charge in [-0.2, -0.15) is 0 Å². The lowest BCUT2D eigenvalue weighted by atomic mass is 10.3. The van der Waals surface area contributed by atoms with Gasteiger partial charge in [-0.3, -0.25) is 4.90 Å². The molecule has 0 amide bonds. The Balaban J connectivity index is 2.11. The van der Waals surface area contributed by atoms with Crippen LogP contribution in [-0.4, -0.2) is 56.0 Å². The van der Waals surface area contributed by atoms with Gasteiger partial charge in [-0.25, -0.2) is 8.78 Å². The molecule has 13 heavy (non-hydrogen) atoms. The molecule has 0 aromatic carbocycles. The molecule has 78 valence electrons. The van der Waals surface area contributed by atoms with Gasteiger partial charge < -0.3 is 4.90 Å². The number of hydrogen-bond acceptors (Lipinski definition) is 2. The summed E-state index contributed by atoms with van der Waals surface area (Å²) in [6, 6.07) is 0. The standard InChI is InChI=1S/C9H18F2N2/c1-12(2)5-3-6-13-7-4-9(10,11)8-13/h3-8H2,1-2H3. The molecular weight excluding hydrogens is 174 g/mol. The third-order valence-corrected chi connectivity index (χ3v) is 2.33. The van der Waals surface area contributed by atoms with Gasteiger partial charge in [0.1, 0.15) is 0 Å². The van der Waals surface area contributed by atoms with Crippen LogP contribution in [0.4, 0.5) is 8.78 Å². The molecule has 0 saturated carbocycles. The van der Waals surface area contributed by atoms with Crippen molar-refractivity contribution >= 4 is 0 Å². The van der Waals surface area contributed by atoms with Crippen LogP contribution in [0.2, 0.25) is 0 Å². The number of halogens is 2. The molecule has 1 aliphatic heterocycles. The van der Waals surface area contributed by atoms with E-state index in [1.807, 2.05) is 19.0 Å². The molecule has 0 N–H and O–H groups in total. The minimum Gasteiger partial charge on any atom is -0.309 e. The van der Waals surface area contributed by atoms with Crippen LogP contribution < -0.4 is 0 Å². The molecule has 1 heterocycles. The molecule has 2 nitrogen and oxygen atoms in total. The fourth-order valence-corrected chi connectivity index (χ4v) is 1.61. The molecule has 0 spiro atoms. The highest BCUT2D eigenvalue weighted by Gasteiger charge is 2.37. The van der Waals surface area contributed by atoms with Crippen molar-refractivity contribution < 1.29 is 8.78 Å². The third kappa shape index (κ3) is 4.00. The highest BCUT2D eigenvalue weighted by molar-refractivity contribution is 4.81. The lowest BCUT2D eigenvalue weighted by Crippen LogP contribution is -2.28. The van der Waals surface area contributed by atoms with E-state index in [-0.39, 0.29) is 13.0 Å². The Hall–Kier alpha value is -0.220. The van der Waals surface area contributed by atoms with Crippen molar-refractivity contribution in [2.45, 2.75) is 18.8 Å². The first-order valence-corrected chi connectivity index (χ1v) is 4.74. The average Bonchev–Trinajstić information content (AvgIpc) is 2.29. The number of likely N-dealkylation sites (tertiary alicyclic amines) is 1. The van der Waals surface area contributed by atoms with E-state index in [1.54, 1.807) is 0 Å². The maximum absolute atomic E-state index is 12.7. The Morgan fingerprint density at radius 3 is 2.54 bits per heavy atom. The van der Waals surface area contributed by atoms with Gasteiger partial charge in [0.15, 0.2) is 0 Å². The van der Waals surface area contributed by atoms with E-state index in [1.165, 1.54) is 0 Å². The summed E-state index contributed by atoms with van der Waals surface area (Å²) in [4.78, 5) is 3.93. The molecule has 0 atom stereocenters. The Kier molecular flexibility index (Phi) is 3.62. The van der Waals surface area contributed by atoms with Gasteiger partial charge in [-0.1, -0.05) is 0 Å². The Labute approximate surface area is 78.5 Å².